The highest BCUT2D eigenvalue weighted by Crippen LogP contribution is 2.29. The molecule has 0 unspecified atom stereocenters. The summed E-state index contributed by atoms with van der Waals surface area (Å²) in [5.74, 6) is 0.237. The summed E-state index contributed by atoms with van der Waals surface area (Å²) in [4.78, 5) is 38.4. The monoisotopic (exact) mass is 426 g/mol. The van der Waals surface area contributed by atoms with Gasteiger partial charge in [-0.25, -0.2) is 9.78 Å². The number of aryl methyl sites for hydroxylation is 1. The lowest BCUT2D eigenvalue weighted by Crippen LogP contribution is -2.47. The van der Waals surface area contributed by atoms with Crippen LogP contribution < -0.4 is 10.5 Å². The molecule has 0 bridgehead atoms. The fraction of sp³-hybridized carbons (Fsp3) is 0.409. The maximum atomic E-state index is 12.8. The Hall–Kier alpha value is -2.71. The summed E-state index contributed by atoms with van der Waals surface area (Å²) >= 11 is 1.23. The van der Waals surface area contributed by atoms with Crippen LogP contribution >= 0.6 is 11.3 Å². The molecule has 1 N–H and O–H groups in total. The molecule has 0 amide bonds. The molecule has 1 aliphatic heterocycles. The fourth-order valence-corrected chi connectivity index (χ4v) is 5.01. The van der Waals surface area contributed by atoms with Gasteiger partial charge in [0.2, 0.25) is 0 Å². The molecule has 1 saturated heterocycles. The highest BCUT2D eigenvalue weighted by Gasteiger charge is 2.26. The number of piperazine rings is 1. The average Bonchev–Trinajstić information content (AvgIpc) is 3.11. The maximum absolute atomic E-state index is 12.8. The molecule has 30 heavy (non-hydrogen) atoms. The van der Waals surface area contributed by atoms with Crippen LogP contribution in [-0.4, -0.2) is 53.6 Å². The van der Waals surface area contributed by atoms with E-state index in [0.717, 1.165) is 26.2 Å². The van der Waals surface area contributed by atoms with Crippen molar-refractivity contribution in [2.24, 2.45) is 0 Å². The van der Waals surface area contributed by atoms with Crippen LogP contribution in [0.4, 0.5) is 5.69 Å². The number of para-hydroxylation sites is 1. The molecule has 7 nitrogen and oxygen atoms in total. The molecule has 0 radical (unpaired) electrons. The maximum Gasteiger partial charge on any atom is 0.348 e. The molecule has 0 saturated carbocycles. The van der Waals surface area contributed by atoms with Crippen LogP contribution in [0.3, 0.4) is 0 Å². The Morgan fingerprint density at radius 1 is 1.23 bits per heavy atom. The lowest BCUT2D eigenvalue weighted by Gasteiger charge is -2.38. The summed E-state index contributed by atoms with van der Waals surface area (Å²) in [6.45, 7) is 9.52. The van der Waals surface area contributed by atoms with Crippen molar-refractivity contribution < 1.29 is 9.53 Å². The number of aromatic amines is 1. The van der Waals surface area contributed by atoms with E-state index in [2.05, 4.69) is 46.0 Å². The van der Waals surface area contributed by atoms with Gasteiger partial charge in [0.15, 0.2) is 0 Å². The van der Waals surface area contributed by atoms with E-state index in [1.807, 2.05) is 6.07 Å². The summed E-state index contributed by atoms with van der Waals surface area (Å²) in [5.41, 5.74) is 1.67. The van der Waals surface area contributed by atoms with E-state index in [0.29, 0.717) is 33.1 Å². The number of ether oxygens (including phenoxy) is 1. The Morgan fingerprint density at radius 2 is 1.93 bits per heavy atom. The first-order valence-electron chi connectivity index (χ1n) is 10.2. The number of carbonyl (C=O) groups excluding carboxylic acids is 1. The van der Waals surface area contributed by atoms with E-state index >= 15 is 0 Å². The number of thiophene rings is 1. The second-order valence-electron chi connectivity index (χ2n) is 7.44. The summed E-state index contributed by atoms with van der Waals surface area (Å²) in [5, 5.41) is 0.480. The van der Waals surface area contributed by atoms with E-state index in [4.69, 9.17) is 9.72 Å². The normalized spacial score (nSPS) is 16.0. The van der Waals surface area contributed by atoms with Crippen LogP contribution in [0.5, 0.6) is 0 Å². The Kier molecular flexibility index (Phi) is 5.87. The van der Waals surface area contributed by atoms with Crippen LogP contribution in [0.15, 0.2) is 35.1 Å². The van der Waals surface area contributed by atoms with Gasteiger partial charge in [0.05, 0.1) is 18.0 Å². The van der Waals surface area contributed by atoms with Gasteiger partial charge in [0.25, 0.3) is 5.56 Å². The zero-order valence-corrected chi connectivity index (χ0v) is 18.3. The Morgan fingerprint density at radius 3 is 2.60 bits per heavy atom. The molecule has 4 rings (SSSR count). The van der Waals surface area contributed by atoms with Crippen molar-refractivity contribution in [1.82, 2.24) is 14.9 Å². The standard InChI is InChI=1S/C22H26N4O3S/c1-4-29-22(28)18-14(2)17-20(27)23-19(24-21(17)30-18)15(3)25-10-12-26(13-11-25)16-8-6-5-7-9-16/h5-9,15H,4,10-13H2,1-3H3,(H,23,24,27)/t15-/m1/s1. The van der Waals surface area contributed by atoms with E-state index in [1.54, 1.807) is 13.8 Å². The zero-order valence-electron chi connectivity index (χ0n) is 17.5. The first-order chi connectivity index (χ1) is 14.5. The van der Waals surface area contributed by atoms with Gasteiger partial charge < -0.3 is 14.6 Å². The smallest absolute Gasteiger partial charge is 0.348 e. The highest BCUT2D eigenvalue weighted by molar-refractivity contribution is 7.20. The van der Waals surface area contributed by atoms with Gasteiger partial charge >= 0.3 is 5.97 Å². The van der Waals surface area contributed by atoms with Gasteiger partial charge in [0.1, 0.15) is 15.5 Å². The van der Waals surface area contributed by atoms with Crippen molar-refractivity contribution in [2.45, 2.75) is 26.8 Å². The Balaban J connectivity index is 1.54. The molecule has 2 aromatic heterocycles. The minimum atomic E-state index is -0.399. The van der Waals surface area contributed by atoms with Crippen LogP contribution in [0, 0.1) is 6.92 Å². The molecule has 1 aromatic carbocycles. The first kappa shape index (κ1) is 20.6. The van der Waals surface area contributed by atoms with Gasteiger partial charge in [-0.05, 0) is 38.5 Å². The molecule has 158 valence electrons. The second-order valence-corrected chi connectivity index (χ2v) is 8.44. The minimum Gasteiger partial charge on any atom is -0.462 e. The van der Waals surface area contributed by atoms with Gasteiger partial charge in [-0.1, -0.05) is 18.2 Å². The Labute approximate surface area is 179 Å². The van der Waals surface area contributed by atoms with Gasteiger partial charge in [-0.15, -0.1) is 11.3 Å². The van der Waals surface area contributed by atoms with Gasteiger partial charge in [-0.2, -0.15) is 0 Å². The first-order valence-corrected chi connectivity index (χ1v) is 11.1. The molecule has 8 heteroatoms. The number of H-pyrrole nitrogens is 1. The zero-order chi connectivity index (χ0) is 21.3. The molecule has 1 aliphatic rings. The minimum absolute atomic E-state index is 0.0199. The summed E-state index contributed by atoms with van der Waals surface area (Å²) in [6.07, 6.45) is 0. The molecule has 1 fully saturated rings. The summed E-state index contributed by atoms with van der Waals surface area (Å²) in [7, 11) is 0. The number of hydrogen-bond donors (Lipinski definition) is 1. The summed E-state index contributed by atoms with van der Waals surface area (Å²) in [6, 6.07) is 10.4. The fourth-order valence-electron chi connectivity index (χ4n) is 3.93. The SMILES string of the molecule is CCOC(=O)c1sc2nc([C@@H](C)N3CCN(c4ccccc4)CC3)[nH]c(=O)c2c1C. The van der Waals surface area contributed by atoms with Crippen LogP contribution in [0.2, 0.25) is 0 Å². The topological polar surface area (TPSA) is 78.5 Å². The lowest BCUT2D eigenvalue weighted by atomic mass is 10.2. The van der Waals surface area contributed by atoms with E-state index in [9.17, 15) is 9.59 Å². The van der Waals surface area contributed by atoms with Crippen molar-refractivity contribution >= 4 is 33.2 Å². The second kappa shape index (κ2) is 8.57. The molecule has 3 heterocycles. The predicted octanol–water partition coefficient (Wildman–Crippen LogP) is 3.35. The third-order valence-electron chi connectivity index (χ3n) is 5.66. The van der Waals surface area contributed by atoms with Crippen molar-refractivity contribution in [3.05, 3.63) is 57.0 Å². The third kappa shape index (κ3) is 3.85. The molecular formula is C22H26N4O3S. The van der Waals surface area contributed by atoms with Gasteiger partial charge in [0, 0.05) is 31.9 Å². The predicted molar refractivity (Wildman–Crippen MR) is 120 cm³/mol. The van der Waals surface area contributed by atoms with Gasteiger partial charge in [-0.3, -0.25) is 9.69 Å². The number of nitrogens with zero attached hydrogens (tertiary/aromatic N) is 3. The quantitative estimate of drug-likeness (QED) is 0.631. The molecule has 0 aliphatic carbocycles. The molecule has 3 aromatic rings. The third-order valence-corrected chi connectivity index (χ3v) is 6.82. The number of anilines is 1. The number of rotatable bonds is 5. The van der Waals surface area contributed by atoms with Crippen molar-refractivity contribution in [3.63, 3.8) is 0 Å². The van der Waals surface area contributed by atoms with Crippen LogP contribution in [-0.2, 0) is 4.74 Å². The van der Waals surface area contributed by atoms with Crippen LogP contribution in [0.1, 0.15) is 40.9 Å². The van der Waals surface area contributed by atoms with Crippen molar-refractivity contribution in [1.29, 1.82) is 0 Å². The van der Waals surface area contributed by atoms with E-state index < -0.39 is 5.97 Å². The lowest BCUT2D eigenvalue weighted by molar-refractivity contribution is 0.0531. The highest BCUT2D eigenvalue weighted by atomic mass is 32.1. The number of nitrogens with one attached hydrogen (secondary N) is 1. The number of benzene rings is 1. The van der Waals surface area contributed by atoms with Crippen molar-refractivity contribution in [3.8, 4) is 0 Å². The Bertz CT molecular complexity index is 1100. The average molecular weight is 427 g/mol. The molecule has 0 spiro atoms. The molecule has 1 atom stereocenters. The number of hydrogen-bond acceptors (Lipinski definition) is 7. The largest absolute Gasteiger partial charge is 0.462 e. The molecular weight excluding hydrogens is 400 g/mol. The number of esters is 1. The summed E-state index contributed by atoms with van der Waals surface area (Å²) < 4.78 is 5.12. The van der Waals surface area contributed by atoms with Crippen molar-refractivity contribution in [2.75, 3.05) is 37.7 Å². The number of carbonyl (C=O) groups is 1. The van der Waals surface area contributed by atoms with E-state index in [-0.39, 0.29) is 11.6 Å². The number of fused-ring (bicyclic) bond motifs is 1. The van der Waals surface area contributed by atoms with Crippen LogP contribution in [0.25, 0.3) is 10.2 Å². The number of aromatic nitrogens is 2. The van der Waals surface area contributed by atoms with E-state index in [1.165, 1.54) is 17.0 Å².